The Labute approximate surface area is 128 Å². The largest absolute Gasteiger partial charge is 0.374 e. The molecule has 0 amide bonds. The third-order valence-electron chi connectivity index (χ3n) is 5.09. The van der Waals surface area contributed by atoms with Gasteiger partial charge in [-0.1, -0.05) is 30.3 Å². The first-order valence-corrected chi connectivity index (χ1v) is 8.42. The molecule has 3 nitrogen and oxygen atoms in total. The van der Waals surface area contributed by atoms with Crippen molar-refractivity contribution >= 4 is 0 Å². The van der Waals surface area contributed by atoms with Crippen molar-refractivity contribution in [2.45, 2.75) is 43.7 Å². The first kappa shape index (κ1) is 15.0. The Morgan fingerprint density at radius 3 is 2.62 bits per heavy atom. The highest BCUT2D eigenvalue weighted by molar-refractivity contribution is 5.20. The van der Waals surface area contributed by atoms with Gasteiger partial charge in [0.25, 0.3) is 0 Å². The third kappa shape index (κ3) is 3.85. The molecule has 1 N–H and O–H groups in total. The van der Waals surface area contributed by atoms with Gasteiger partial charge in [-0.25, -0.2) is 0 Å². The summed E-state index contributed by atoms with van der Waals surface area (Å²) in [5.74, 6) is 0.775. The molecule has 1 heterocycles. The number of likely N-dealkylation sites (N-methyl/N-ethyl adjacent to an activating group) is 1. The van der Waals surface area contributed by atoms with Crippen molar-refractivity contribution in [3.8, 4) is 0 Å². The van der Waals surface area contributed by atoms with E-state index in [0.29, 0.717) is 6.10 Å². The van der Waals surface area contributed by atoms with E-state index < -0.39 is 0 Å². The Morgan fingerprint density at radius 2 is 1.90 bits per heavy atom. The van der Waals surface area contributed by atoms with Gasteiger partial charge in [0.2, 0.25) is 0 Å². The lowest BCUT2D eigenvalue weighted by molar-refractivity contribution is -0.0468. The summed E-state index contributed by atoms with van der Waals surface area (Å²) in [4.78, 5) is 2.67. The van der Waals surface area contributed by atoms with Crippen LogP contribution in [0.4, 0.5) is 0 Å². The molecule has 2 aliphatic rings. The fourth-order valence-electron chi connectivity index (χ4n) is 3.92. The predicted molar refractivity (Wildman–Crippen MR) is 86.7 cm³/mol. The molecule has 0 radical (unpaired) electrons. The van der Waals surface area contributed by atoms with E-state index >= 15 is 0 Å². The van der Waals surface area contributed by atoms with E-state index in [4.69, 9.17) is 4.74 Å². The molecule has 1 unspecified atom stereocenters. The quantitative estimate of drug-likeness (QED) is 0.922. The van der Waals surface area contributed by atoms with Gasteiger partial charge in [0.15, 0.2) is 0 Å². The van der Waals surface area contributed by atoms with E-state index in [-0.39, 0.29) is 0 Å². The smallest absolute Gasteiger partial charge is 0.0826 e. The Kier molecular flexibility index (Phi) is 5.28. The minimum Gasteiger partial charge on any atom is -0.374 e. The Morgan fingerprint density at radius 1 is 1.14 bits per heavy atom. The zero-order chi connectivity index (χ0) is 14.5. The molecule has 0 aromatic heterocycles. The average molecular weight is 288 g/mol. The van der Waals surface area contributed by atoms with Crippen LogP contribution >= 0.6 is 0 Å². The van der Waals surface area contributed by atoms with Crippen LogP contribution in [0, 0.1) is 0 Å². The lowest BCUT2D eigenvalue weighted by Gasteiger charge is -2.41. The molecule has 0 spiro atoms. The number of ether oxygens (including phenoxy) is 1. The van der Waals surface area contributed by atoms with Crippen LogP contribution in [0.15, 0.2) is 30.3 Å². The molecule has 116 valence electrons. The molecule has 3 heteroatoms. The standard InChI is InChI=1S/C18H28N2O/c1-19-13-18-14-20(11-12-21-18)17-9-7-16(8-10-17)15-5-3-2-4-6-15/h2-6,16-19H,7-14H2,1H3. The Bertz CT molecular complexity index is 412. The summed E-state index contributed by atoms with van der Waals surface area (Å²) in [6.45, 7) is 4.07. The first-order valence-electron chi connectivity index (χ1n) is 8.42. The van der Waals surface area contributed by atoms with Gasteiger partial charge in [-0.05, 0) is 44.2 Å². The summed E-state index contributed by atoms with van der Waals surface area (Å²) in [6, 6.07) is 11.8. The predicted octanol–water partition coefficient (Wildman–Crippen LogP) is 2.63. The van der Waals surface area contributed by atoms with Crippen LogP contribution < -0.4 is 5.32 Å². The second-order valence-corrected chi connectivity index (χ2v) is 6.46. The maximum Gasteiger partial charge on any atom is 0.0826 e. The van der Waals surface area contributed by atoms with Crippen LogP contribution in [-0.2, 0) is 4.74 Å². The minimum absolute atomic E-state index is 0.371. The van der Waals surface area contributed by atoms with Crippen LogP contribution in [0.2, 0.25) is 0 Å². The van der Waals surface area contributed by atoms with Crippen LogP contribution in [0.1, 0.15) is 37.2 Å². The van der Waals surface area contributed by atoms with E-state index in [0.717, 1.165) is 38.2 Å². The van der Waals surface area contributed by atoms with Gasteiger partial charge in [0, 0.05) is 25.7 Å². The van der Waals surface area contributed by atoms with Crippen LogP contribution in [0.25, 0.3) is 0 Å². The van der Waals surface area contributed by atoms with Crippen molar-refractivity contribution in [3.05, 3.63) is 35.9 Å². The highest BCUT2D eigenvalue weighted by atomic mass is 16.5. The topological polar surface area (TPSA) is 24.5 Å². The van der Waals surface area contributed by atoms with Gasteiger partial charge in [0.1, 0.15) is 0 Å². The molecule has 0 bridgehead atoms. The van der Waals surface area contributed by atoms with Gasteiger partial charge in [0.05, 0.1) is 12.7 Å². The Hall–Kier alpha value is -0.900. The summed E-state index contributed by atoms with van der Waals surface area (Å²) >= 11 is 0. The third-order valence-corrected chi connectivity index (χ3v) is 5.09. The van der Waals surface area contributed by atoms with E-state index in [9.17, 15) is 0 Å². The summed E-state index contributed by atoms with van der Waals surface area (Å²) in [5.41, 5.74) is 1.53. The maximum atomic E-state index is 5.83. The van der Waals surface area contributed by atoms with Crippen molar-refractivity contribution in [3.63, 3.8) is 0 Å². The molecule has 21 heavy (non-hydrogen) atoms. The fraction of sp³-hybridized carbons (Fsp3) is 0.667. The van der Waals surface area contributed by atoms with Gasteiger partial charge in [-0.15, -0.1) is 0 Å². The molecule has 1 atom stereocenters. The number of morpholine rings is 1. The average Bonchev–Trinajstić information content (AvgIpc) is 2.56. The molecular formula is C18H28N2O. The summed E-state index contributed by atoms with van der Waals surface area (Å²) < 4.78 is 5.83. The molecule has 2 fully saturated rings. The molecule has 1 saturated carbocycles. The van der Waals surface area contributed by atoms with Gasteiger partial charge >= 0.3 is 0 Å². The number of nitrogens with zero attached hydrogens (tertiary/aromatic N) is 1. The van der Waals surface area contributed by atoms with Gasteiger partial charge in [-0.3, -0.25) is 4.90 Å². The summed E-state index contributed by atoms with van der Waals surface area (Å²) in [6.07, 6.45) is 5.72. The van der Waals surface area contributed by atoms with Gasteiger partial charge < -0.3 is 10.1 Å². The Balaban J connectivity index is 1.51. The van der Waals surface area contributed by atoms with Gasteiger partial charge in [-0.2, -0.15) is 0 Å². The van der Waals surface area contributed by atoms with Crippen molar-refractivity contribution in [1.29, 1.82) is 0 Å². The van der Waals surface area contributed by atoms with Crippen molar-refractivity contribution in [2.24, 2.45) is 0 Å². The highest BCUT2D eigenvalue weighted by Crippen LogP contribution is 2.35. The number of hydrogen-bond donors (Lipinski definition) is 1. The SMILES string of the molecule is CNCC1CN(C2CCC(c3ccccc3)CC2)CCO1. The molecule has 1 saturated heterocycles. The fourth-order valence-corrected chi connectivity index (χ4v) is 3.92. The van der Waals surface area contributed by atoms with E-state index in [2.05, 4.69) is 40.5 Å². The highest BCUT2D eigenvalue weighted by Gasteiger charge is 2.30. The number of hydrogen-bond acceptors (Lipinski definition) is 3. The second-order valence-electron chi connectivity index (χ2n) is 6.46. The molecule has 1 aromatic carbocycles. The normalized spacial score (nSPS) is 31.2. The van der Waals surface area contributed by atoms with E-state index in [1.165, 1.54) is 31.2 Å². The summed E-state index contributed by atoms with van der Waals surface area (Å²) in [7, 11) is 2.01. The lowest BCUT2D eigenvalue weighted by Crippen LogP contribution is -2.50. The lowest BCUT2D eigenvalue weighted by atomic mass is 9.81. The number of nitrogens with one attached hydrogen (secondary N) is 1. The van der Waals surface area contributed by atoms with Crippen LogP contribution in [-0.4, -0.2) is 50.3 Å². The molecule has 1 aromatic rings. The number of benzene rings is 1. The first-order chi connectivity index (χ1) is 10.4. The molecule has 1 aliphatic carbocycles. The monoisotopic (exact) mass is 288 g/mol. The number of rotatable bonds is 4. The van der Waals surface area contributed by atoms with Crippen molar-refractivity contribution in [1.82, 2.24) is 10.2 Å². The molecular weight excluding hydrogens is 260 g/mol. The molecule has 3 rings (SSSR count). The van der Waals surface area contributed by atoms with Crippen LogP contribution in [0.5, 0.6) is 0 Å². The van der Waals surface area contributed by atoms with Crippen LogP contribution in [0.3, 0.4) is 0 Å². The zero-order valence-corrected chi connectivity index (χ0v) is 13.1. The minimum atomic E-state index is 0.371. The summed E-state index contributed by atoms with van der Waals surface area (Å²) in [5, 5.41) is 3.24. The van der Waals surface area contributed by atoms with Crippen molar-refractivity contribution in [2.75, 3.05) is 33.3 Å². The van der Waals surface area contributed by atoms with E-state index in [1.54, 1.807) is 0 Å². The van der Waals surface area contributed by atoms with Crippen molar-refractivity contribution < 1.29 is 4.74 Å². The zero-order valence-electron chi connectivity index (χ0n) is 13.1. The van der Waals surface area contributed by atoms with E-state index in [1.807, 2.05) is 7.05 Å². The molecule has 1 aliphatic heterocycles. The second kappa shape index (κ2) is 7.39. The maximum absolute atomic E-state index is 5.83.